The van der Waals surface area contributed by atoms with E-state index in [4.69, 9.17) is 4.74 Å². The monoisotopic (exact) mass is 418 g/mol. The summed E-state index contributed by atoms with van der Waals surface area (Å²) in [4.78, 5) is 34.1. The van der Waals surface area contributed by atoms with E-state index in [1.54, 1.807) is 66.7 Å². The smallest absolute Gasteiger partial charge is 0.352 e. The predicted molar refractivity (Wildman–Crippen MR) is 113 cm³/mol. The van der Waals surface area contributed by atoms with Crippen LogP contribution >= 0.6 is 0 Å². The molecule has 3 aromatic rings. The third-order valence-electron chi connectivity index (χ3n) is 4.24. The molecule has 0 saturated heterocycles. The van der Waals surface area contributed by atoms with Crippen molar-refractivity contribution in [3.8, 4) is 5.75 Å². The van der Waals surface area contributed by atoms with E-state index in [1.165, 1.54) is 18.2 Å². The van der Waals surface area contributed by atoms with Gasteiger partial charge in [-0.25, -0.2) is 4.79 Å². The average molecular weight is 418 g/mol. The Bertz CT molecular complexity index is 1120. The minimum atomic E-state index is -1.28. The molecule has 8 heteroatoms. The highest BCUT2D eigenvalue weighted by Crippen LogP contribution is 2.18. The van der Waals surface area contributed by atoms with Gasteiger partial charge < -0.3 is 15.2 Å². The highest BCUT2D eigenvalue weighted by atomic mass is 16.6. The van der Waals surface area contributed by atoms with Crippen LogP contribution in [0.15, 0.2) is 84.6 Å². The van der Waals surface area contributed by atoms with Gasteiger partial charge in [0.2, 0.25) is 0 Å². The zero-order valence-electron chi connectivity index (χ0n) is 16.2. The van der Waals surface area contributed by atoms with Crippen LogP contribution in [0.3, 0.4) is 0 Å². The van der Waals surface area contributed by atoms with Crippen LogP contribution in [-0.2, 0) is 11.4 Å². The fourth-order valence-electron chi connectivity index (χ4n) is 2.68. The molecule has 0 radical (unpaired) electrons. The molecule has 0 aromatic heterocycles. The van der Waals surface area contributed by atoms with Crippen LogP contribution in [-0.4, -0.2) is 21.9 Å². The number of carboxylic acid groups (broad SMARTS) is 1. The molecule has 1 amide bonds. The first-order chi connectivity index (χ1) is 14.9. The molecule has 0 bridgehead atoms. The van der Waals surface area contributed by atoms with Gasteiger partial charge in [0.05, 0.1) is 4.92 Å². The van der Waals surface area contributed by atoms with Gasteiger partial charge in [0.15, 0.2) is 0 Å². The molecule has 0 unspecified atom stereocenters. The summed E-state index contributed by atoms with van der Waals surface area (Å²) in [5.74, 6) is -1.33. The highest BCUT2D eigenvalue weighted by molar-refractivity contribution is 6.02. The van der Waals surface area contributed by atoms with Gasteiger partial charge in [0, 0.05) is 17.7 Å². The number of benzene rings is 3. The first-order valence-electron chi connectivity index (χ1n) is 9.20. The Kier molecular flexibility index (Phi) is 6.74. The van der Waals surface area contributed by atoms with Gasteiger partial charge in [-0.3, -0.25) is 14.9 Å². The summed E-state index contributed by atoms with van der Waals surface area (Å²) in [5, 5.41) is 22.6. The Morgan fingerprint density at radius 2 is 1.71 bits per heavy atom. The molecular formula is C23H18N2O6. The van der Waals surface area contributed by atoms with E-state index in [9.17, 15) is 24.8 Å². The lowest BCUT2D eigenvalue weighted by atomic mass is 10.1. The zero-order chi connectivity index (χ0) is 22.2. The quantitative estimate of drug-likeness (QED) is 0.324. The van der Waals surface area contributed by atoms with Crippen molar-refractivity contribution < 1.29 is 24.4 Å². The van der Waals surface area contributed by atoms with Crippen molar-refractivity contribution in [3.63, 3.8) is 0 Å². The molecular weight excluding hydrogens is 400 g/mol. The normalized spacial score (nSPS) is 10.9. The number of carboxylic acids is 1. The summed E-state index contributed by atoms with van der Waals surface area (Å²) < 4.78 is 5.69. The average Bonchev–Trinajstić information content (AvgIpc) is 2.78. The van der Waals surface area contributed by atoms with Gasteiger partial charge in [0.25, 0.3) is 11.6 Å². The molecule has 8 nitrogen and oxygen atoms in total. The van der Waals surface area contributed by atoms with Crippen molar-refractivity contribution in [1.29, 1.82) is 0 Å². The summed E-state index contributed by atoms with van der Waals surface area (Å²) in [7, 11) is 0. The van der Waals surface area contributed by atoms with Crippen LogP contribution in [0.1, 0.15) is 21.5 Å². The molecule has 0 heterocycles. The fourth-order valence-corrected chi connectivity index (χ4v) is 2.68. The van der Waals surface area contributed by atoms with E-state index in [2.05, 4.69) is 5.32 Å². The van der Waals surface area contributed by atoms with Crippen molar-refractivity contribution in [3.05, 3.63) is 111 Å². The molecule has 3 aromatic carbocycles. The first kappa shape index (κ1) is 21.3. The lowest BCUT2D eigenvalue weighted by Gasteiger charge is -2.09. The maximum absolute atomic E-state index is 12.3. The second-order valence-corrected chi connectivity index (χ2v) is 6.47. The van der Waals surface area contributed by atoms with E-state index < -0.39 is 16.8 Å². The van der Waals surface area contributed by atoms with E-state index in [0.717, 1.165) is 5.56 Å². The Morgan fingerprint density at radius 3 is 2.35 bits per heavy atom. The number of rotatable bonds is 8. The number of nitrogens with zero attached hydrogens (tertiary/aromatic N) is 1. The third-order valence-corrected chi connectivity index (χ3v) is 4.24. The van der Waals surface area contributed by atoms with Crippen LogP contribution in [0.2, 0.25) is 0 Å². The number of non-ortho nitro benzene ring substituents is 1. The van der Waals surface area contributed by atoms with Gasteiger partial charge in [0.1, 0.15) is 18.1 Å². The molecule has 0 atom stereocenters. The molecule has 0 fully saturated rings. The second kappa shape index (κ2) is 9.84. The molecule has 156 valence electrons. The molecule has 31 heavy (non-hydrogen) atoms. The van der Waals surface area contributed by atoms with Crippen LogP contribution in [0.25, 0.3) is 6.08 Å². The van der Waals surface area contributed by atoms with Gasteiger partial charge in [-0.1, -0.05) is 30.3 Å². The number of hydrogen-bond donors (Lipinski definition) is 2. The number of carbonyl (C=O) groups excluding carboxylic acids is 1. The molecule has 0 saturated carbocycles. The fraction of sp³-hybridized carbons (Fsp3) is 0.0435. The highest BCUT2D eigenvalue weighted by Gasteiger charge is 2.13. The molecule has 0 spiro atoms. The van der Waals surface area contributed by atoms with Crippen LogP contribution < -0.4 is 10.1 Å². The van der Waals surface area contributed by atoms with Crippen LogP contribution in [0.4, 0.5) is 5.69 Å². The number of amides is 1. The summed E-state index contributed by atoms with van der Waals surface area (Å²) in [6.45, 7) is 0.182. The standard InChI is InChI=1S/C23H18N2O6/c26-22(18-6-2-1-3-7-18)24-21(23(27)28)14-17-5-4-8-20(13-17)31-15-16-9-11-19(12-10-16)25(29)30/h1-14H,15H2,(H,24,26)(H,27,28). The van der Waals surface area contributed by atoms with E-state index >= 15 is 0 Å². The maximum Gasteiger partial charge on any atom is 0.352 e. The van der Waals surface area contributed by atoms with Crippen molar-refractivity contribution in [1.82, 2.24) is 5.32 Å². The third kappa shape index (κ3) is 6.01. The Morgan fingerprint density at radius 1 is 1.00 bits per heavy atom. The Hall–Kier alpha value is -4.46. The lowest BCUT2D eigenvalue weighted by Crippen LogP contribution is -2.27. The SMILES string of the molecule is O=C(O)C(=Cc1cccc(OCc2ccc([N+](=O)[O-])cc2)c1)NC(=O)c1ccccc1. The van der Waals surface area contributed by atoms with E-state index in [-0.39, 0.29) is 18.0 Å². The number of ether oxygens (including phenoxy) is 1. The van der Waals surface area contributed by atoms with Gasteiger partial charge >= 0.3 is 5.97 Å². The van der Waals surface area contributed by atoms with Crippen molar-refractivity contribution in [2.75, 3.05) is 0 Å². The predicted octanol–water partition coefficient (Wildman–Crippen LogP) is 4.03. The molecule has 3 rings (SSSR count). The van der Waals surface area contributed by atoms with E-state index in [0.29, 0.717) is 16.9 Å². The summed E-state index contributed by atoms with van der Waals surface area (Å²) in [6.07, 6.45) is 1.34. The molecule has 2 N–H and O–H groups in total. The second-order valence-electron chi connectivity index (χ2n) is 6.47. The number of nitrogens with one attached hydrogen (secondary N) is 1. The molecule has 0 aliphatic heterocycles. The van der Waals surface area contributed by atoms with Gasteiger partial charge in [-0.15, -0.1) is 0 Å². The summed E-state index contributed by atoms with van der Waals surface area (Å²) in [5.41, 5.74) is 1.32. The van der Waals surface area contributed by atoms with Crippen molar-refractivity contribution >= 4 is 23.6 Å². The van der Waals surface area contributed by atoms with Crippen LogP contribution in [0.5, 0.6) is 5.75 Å². The topological polar surface area (TPSA) is 119 Å². The number of carbonyl (C=O) groups is 2. The van der Waals surface area contributed by atoms with E-state index in [1.807, 2.05) is 0 Å². The zero-order valence-corrected chi connectivity index (χ0v) is 16.2. The maximum atomic E-state index is 12.3. The molecule has 0 aliphatic rings. The molecule has 0 aliphatic carbocycles. The number of hydrogen-bond acceptors (Lipinski definition) is 5. The van der Waals surface area contributed by atoms with Gasteiger partial charge in [-0.05, 0) is 53.6 Å². The van der Waals surface area contributed by atoms with Crippen molar-refractivity contribution in [2.24, 2.45) is 0 Å². The Labute approximate surface area is 177 Å². The Balaban J connectivity index is 1.71. The number of nitro groups is 1. The lowest BCUT2D eigenvalue weighted by molar-refractivity contribution is -0.384. The van der Waals surface area contributed by atoms with Gasteiger partial charge in [-0.2, -0.15) is 0 Å². The largest absolute Gasteiger partial charge is 0.489 e. The first-order valence-corrected chi connectivity index (χ1v) is 9.20. The van der Waals surface area contributed by atoms with Crippen molar-refractivity contribution in [2.45, 2.75) is 6.61 Å². The minimum absolute atomic E-state index is 0.00497. The summed E-state index contributed by atoms with van der Waals surface area (Å²) >= 11 is 0. The van der Waals surface area contributed by atoms with Crippen LogP contribution in [0, 0.1) is 10.1 Å². The summed E-state index contributed by atoms with van der Waals surface area (Å²) in [6, 6.07) is 21.0. The number of aliphatic carboxylic acids is 1. The minimum Gasteiger partial charge on any atom is -0.489 e. The number of nitro benzene ring substituents is 1.